The van der Waals surface area contributed by atoms with E-state index in [4.69, 9.17) is 14.2 Å². The number of piperazine rings is 1. The SMILES string of the molecule is COc1ccccc1N1CCN(CC(O)COc2cc(C)c(OCc3ccccc3)c3ccccc23)CC1. The summed E-state index contributed by atoms with van der Waals surface area (Å²) in [6, 6.07) is 28.4. The number of hydrogen-bond donors (Lipinski definition) is 1. The van der Waals surface area contributed by atoms with E-state index < -0.39 is 6.10 Å². The molecule has 1 heterocycles. The van der Waals surface area contributed by atoms with Crippen LogP contribution in [0.2, 0.25) is 0 Å². The van der Waals surface area contributed by atoms with Crippen LogP contribution in [0, 0.1) is 6.92 Å². The van der Waals surface area contributed by atoms with Crippen LogP contribution in [0.25, 0.3) is 10.8 Å². The van der Waals surface area contributed by atoms with Crippen LogP contribution in [0.4, 0.5) is 5.69 Å². The average molecular weight is 513 g/mol. The van der Waals surface area contributed by atoms with Crippen LogP contribution in [0.15, 0.2) is 84.9 Å². The molecule has 0 saturated carbocycles. The van der Waals surface area contributed by atoms with Gasteiger partial charge in [-0.1, -0.05) is 66.7 Å². The number of aliphatic hydroxyl groups is 1. The Balaban J connectivity index is 1.18. The summed E-state index contributed by atoms with van der Waals surface area (Å²) in [5.41, 5.74) is 3.26. The number of benzene rings is 4. The first-order valence-corrected chi connectivity index (χ1v) is 13.2. The lowest BCUT2D eigenvalue weighted by atomic mass is 10.0. The van der Waals surface area contributed by atoms with Crippen molar-refractivity contribution in [2.75, 3.05) is 51.3 Å². The maximum atomic E-state index is 10.8. The van der Waals surface area contributed by atoms with Gasteiger partial charge < -0.3 is 24.2 Å². The quantitative estimate of drug-likeness (QED) is 0.311. The van der Waals surface area contributed by atoms with Gasteiger partial charge in [0, 0.05) is 43.5 Å². The molecule has 6 heteroatoms. The Hall–Kier alpha value is -3.74. The minimum atomic E-state index is -0.583. The van der Waals surface area contributed by atoms with E-state index in [1.807, 2.05) is 67.6 Å². The molecule has 4 aromatic carbocycles. The molecule has 0 radical (unpaired) electrons. The molecule has 1 aliphatic rings. The fraction of sp³-hybridized carbons (Fsp3) is 0.312. The fourth-order valence-corrected chi connectivity index (χ4v) is 5.09. The van der Waals surface area contributed by atoms with Crippen molar-refractivity contribution < 1.29 is 19.3 Å². The molecule has 4 aromatic rings. The van der Waals surface area contributed by atoms with Crippen molar-refractivity contribution in [1.82, 2.24) is 4.90 Å². The van der Waals surface area contributed by atoms with Gasteiger partial charge in [-0.3, -0.25) is 4.90 Å². The number of rotatable bonds is 10. The zero-order chi connectivity index (χ0) is 26.3. The number of aliphatic hydroxyl groups excluding tert-OH is 1. The van der Waals surface area contributed by atoms with Crippen LogP contribution in [-0.4, -0.2) is 62.6 Å². The van der Waals surface area contributed by atoms with Crippen molar-refractivity contribution in [1.29, 1.82) is 0 Å². The topological polar surface area (TPSA) is 54.4 Å². The maximum absolute atomic E-state index is 10.8. The van der Waals surface area contributed by atoms with E-state index in [9.17, 15) is 5.11 Å². The lowest BCUT2D eigenvalue weighted by Gasteiger charge is -2.37. The lowest BCUT2D eigenvalue weighted by Crippen LogP contribution is -2.49. The minimum Gasteiger partial charge on any atom is -0.495 e. The number of aryl methyl sites for hydroxylation is 1. The van der Waals surface area contributed by atoms with Gasteiger partial charge in [0.25, 0.3) is 0 Å². The largest absolute Gasteiger partial charge is 0.495 e. The predicted octanol–water partition coefficient (Wildman–Crippen LogP) is 5.30. The molecule has 0 amide bonds. The summed E-state index contributed by atoms with van der Waals surface area (Å²) in [7, 11) is 1.71. The molecule has 6 nitrogen and oxygen atoms in total. The highest BCUT2D eigenvalue weighted by molar-refractivity contribution is 5.94. The molecule has 0 aromatic heterocycles. The molecule has 1 atom stereocenters. The van der Waals surface area contributed by atoms with Crippen molar-refractivity contribution in [3.63, 3.8) is 0 Å². The van der Waals surface area contributed by atoms with E-state index >= 15 is 0 Å². The Morgan fingerprint density at radius 1 is 0.789 bits per heavy atom. The highest BCUT2D eigenvalue weighted by atomic mass is 16.5. The molecular weight excluding hydrogens is 476 g/mol. The second kappa shape index (κ2) is 12.2. The molecule has 38 heavy (non-hydrogen) atoms. The van der Waals surface area contributed by atoms with Gasteiger partial charge in [-0.05, 0) is 36.2 Å². The maximum Gasteiger partial charge on any atom is 0.142 e. The van der Waals surface area contributed by atoms with E-state index in [1.165, 1.54) is 0 Å². The van der Waals surface area contributed by atoms with E-state index in [-0.39, 0.29) is 6.61 Å². The van der Waals surface area contributed by atoms with Crippen molar-refractivity contribution in [3.8, 4) is 17.2 Å². The molecule has 1 aliphatic heterocycles. The van der Waals surface area contributed by atoms with E-state index in [1.54, 1.807) is 7.11 Å². The normalized spacial score (nSPS) is 14.9. The Kier molecular flexibility index (Phi) is 8.31. The molecule has 0 aliphatic carbocycles. The number of methoxy groups -OCH3 is 1. The smallest absolute Gasteiger partial charge is 0.142 e. The standard InChI is InChI=1S/C32H36N2O4/c1-24-20-31(27-12-6-7-13-28(27)32(24)38-22-25-10-4-3-5-11-25)37-23-26(35)21-33-16-18-34(19-17-33)29-14-8-9-15-30(29)36-2/h3-15,20,26,35H,16-19,21-23H2,1-2H3. The van der Waals surface area contributed by atoms with Crippen LogP contribution in [-0.2, 0) is 6.61 Å². The van der Waals surface area contributed by atoms with Crippen molar-refractivity contribution in [2.24, 2.45) is 0 Å². The highest BCUT2D eigenvalue weighted by Crippen LogP contribution is 2.37. The van der Waals surface area contributed by atoms with Gasteiger partial charge in [-0.15, -0.1) is 0 Å². The monoisotopic (exact) mass is 512 g/mol. The number of para-hydroxylation sites is 2. The Labute approximate surface area is 225 Å². The van der Waals surface area contributed by atoms with Gasteiger partial charge >= 0.3 is 0 Å². The summed E-state index contributed by atoms with van der Waals surface area (Å²) in [6.45, 7) is 6.90. The number of nitrogens with zero attached hydrogens (tertiary/aromatic N) is 2. The van der Waals surface area contributed by atoms with Gasteiger partial charge in [0.2, 0.25) is 0 Å². The summed E-state index contributed by atoms with van der Waals surface area (Å²) in [5, 5.41) is 12.8. The predicted molar refractivity (Wildman–Crippen MR) is 153 cm³/mol. The number of fused-ring (bicyclic) bond motifs is 1. The van der Waals surface area contributed by atoms with E-state index in [0.717, 1.165) is 71.0 Å². The van der Waals surface area contributed by atoms with Gasteiger partial charge in [-0.2, -0.15) is 0 Å². The molecule has 1 saturated heterocycles. The molecule has 1 N–H and O–H groups in total. The first-order valence-electron chi connectivity index (χ1n) is 13.2. The zero-order valence-electron chi connectivity index (χ0n) is 22.2. The Bertz CT molecular complexity index is 1340. The second-order valence-electron chi connectivity index (χ2n) is 9.76. The number of β-amino-alcohol motifs (C(OH)–C–C–N with tert-alkyl or cyclic N) is 1. The molecule has 1 unspecified atom stereocenters. The molecule has 0 bridgehead atoms. The van der Waals surface area contributed by atoms with E-state index in [0.29, 0.717) is 13.2 Å². The molecule has 198 valence electrons. The Morgan fingerprint density at radius 3 is 2.24 bits per heavy atom. The number of anilines is 1. The van der Waals surface area contributed by atoms with Crippen molar-refractivity contribution >= 4 is 16.5 Å². The van der Waals surface area contributed by atoms with Crippen LogP contribution in [0.3, 0.4) is 0 Å². The van der Waals surface area contributed by atoms with Crippen molar-refractivity contribution in [2.45, 2.75) is 19.6 Å². The summed E-state index contributed by atoms with van der Waals surface area (Å²) in [6.07, 6.45) is -0.583. The molecule has 1 fully saturated rings. The van der Waals surface area contributed by atoms with Gasteiger partial charge in [0.05, 0.1) is 12.8 Å². The third-order valence-corrected chi connectivity index (χ3v) is 7.07. The summed E-state index contributed by atoms with van der Waals surface area (Å²) >= 11 is 0. The minimum absolute atomic E-state index is 0.236. The number of hydrogen-bond acceptors (Lipinski definition) is 6. The molecule has 0 spiro atoms. The van der Waals surface area contributed by atoms with Crippen LogP contribution in [0.1, 0.15) is 11.1 Å². The number of ether oxygens (including phenoxy) is 3. The summed E-state index contributed by atoms with van der Waals surface area (Å²) in [5.74, 6) is 2.53. The fourth-order valence-electron chi connectivity index (χ4n) is 5.09. The second-order valence-corrected chi connectivity index (χ2v) is 9.76. The third-order valence-electron chi connectivity index (χ3n) is 7.07. The highest BCUT2D eigenvalue weighted by Gasteiger charge is 2.22. The molecule has 5 rings (SSSR count). The van der Waals surface area contributed by atoms with Gasteiger partial charge in [0.15, 0.2) is 0 Å². The summed E-state index contributed by atoms with van der Waals surface area (Å²) < 4.78 is 18.0. The van der Waals surface area contributed by atoms with Crippen molar-refractivity contribution in [3.05, 3.63) is 96.1 Å². The first kappa shape index (κ1) is 25.9. The van der Waals surface area contributed by atoms with Crippen LogP contribution in [0.5, 0.6) is 17.2 Å². The van der Waals surface area contributed by atoms with Crippen LogP contribution >= 0.6 is 0 Å². The third kappa shape index (κ3) is 6.04. The molecular formula is C32H36N2O4. The van der Waals surface area contributed by atoms with Crippen LogP contribution < -0.4 is 19.1 Å². The average Bonchev–Trinajstić information content (AvgIpc) is 2.96. The van der Waals surface area contributed by atoms with Gasteiger partial charge in [-0.25, -0.2) is 0 Å². The van der Waals surface area contributed by atoms with Gasteiger partial charge in [0.1, 0.15) is 36.6 Å². The zero-order valence-corrected chi connectivity index (χ0v) is 22.2. The summed E-state index contributed by atoms with van der Waals surface area (Å²) in [4.78, 5) is 4.64. The van der Waals surface area contributed by atoms with E-state index in [2.05, 4.69) is 34.1 Å². The lowest BCUT2D eigenvalue weighted by molar-refractivity contribution is 0.0668. The first-order chi connectivity index (χ1) is 18.6. The Morgan fingerprint density at radius 2 is 1.47 bits per heavy atom.